The van der Waals surface area contributed by atoms with Gasteiger partial charge in [0.05, 0.1) is 15.6 Å². The first-order chi connectivity index (χ1) is 20.2. The largest absolute Gasteiger partial charge is 0.504 e. The number of aliphatic imine (C=N–C) groups is 1. The average Bonchev–Trinajstić information content (AvgIpc) is 3.65. The highest BCUT2D eigenvalue weighted by molar-refractivity contribution is 6.40. The van der Waals surface area contributed by atoms with Crippen molar-refractivity contribution in [2.45, 2.75) is 31.8 Å². The molecule has 0 aliphatic carbocycles. The van der Waals surface area contributed by atoms with E-state index in [1.807, 2.05) is 4.90 Å². The number of rotatable bonds is 6. The van der Waals surface area contributed by atoms with E-state index in [2.05, 4.69) is 20.6 Å². The lowest BCUT2D eigenvalue weighted by Crippen LogP contribution is -2.51. The number of likely N-dealkylation sites (tertiary alicyclic amines) is 1. The highest BCUT2D eigenvalue weighted by Crippen LogP contribution is 2.35. The van der Waals surface area contributed by atoms with Gasteiger partial charge in [-0.15, -0.1) is 4.99 Å². The van der Waals surface area contributed by atoms with Crippen molar-refractivity contribution in [3.8, 4) is 11.9 Å². The molecule has 1 aromatic carbocycles. The molecule has 1 unspecified atom stereocenters. The van der Waals surface area contributed by atoms with Gasteiger partial charge in [0.2, 0.25) is 12.2 Å². The fourth-order valence-electron chi connectivity index (χ4n) is 5.12. The lowest BCUT2D eigenvalue weighted by Gasteiger charge is -2.30. The second-order valence-electron chi connectivity index (χ2n) is 9.89. The van der Waals surface area contributed by atoms with Crippen LogP contribution in [0.4, 0.5) is 0 Å². The van der Waals surface area contributed by atoms with Crippen molar-refractivity contribution in [3.63, 3.8) is 0 Å². The maximum atomic E-state index is 13.2. The predicted molar refractivity (Wildman–Crippen MR) is 153 cm³/mol. The summed E-state index contributed by atoms with van der Waals surface area (Å²) in [5, 5.41) is 34.2. The average molecular weight is 613 g/mol. The van der Waals surface area contributed by atoms with Crippen LogP contribution in [0, 0.1) is 11.5 Å². The zero-order valence-corrected chi connectivity index (χ0v) is 23.7. The summed E-state index contributed by atoms with van der Waals surface area (Å²) in [5.41, 5.74) is 1.63. The van der Waals surface area contributed by atoms with E-state index in [4.69, 9.17) is 28.5 Å². The Morgan fingerprint density at radius 2 is 1.95 bits per heavy atom. The number of guanidine groups is 1. The number of aromatic nitrogens is 2. The maximum absolute atomic E-state index is 13.2. The lowest BCUT2D eigenvalue weighted by molar-refractivity contribution is -0.139. The smallest absolute Gasteiger partial charge is 0.328 e. The molecule has 42 heavy (non-hydrogen) atoms. The number of pyridine rings is 1. The van der Waals surface area contributed by atoms with Crippen molar-refractivity contribution >= 4 is 52.6 Å². The third-order valence-corrected chi connectivity index (χ3v) is 7.94. The van der Waals surface area contributed by atoms with E-state index in [0.717, 1.165) is 12.8 Å². The van der Waals surface area contributed by atoms with Gasteiger partial charge in [-0.3, -0.25) is 9.59 Å². The molecule has 13 nitrogen and oxygen atoms in total. The fourth-order valence-corrected chi connectivity index (χ4v) is 5.88. The standard InChI is InChI=1S/C27H26Cl2N8O5/c28-17-10-15-12-37(25(40)19-13-36-8-3-4-20(38)23(36)33-19)9-5-16(15)22(29)21(17)24(39)34-18(26(41)42)11-31-27(32-14-30)35-6-1-2-7-35/h3-4,8,10,13,18,38H,1-2,5-7,9,11-12H2,(H,31,32)(H,34,39)(H,41,42). The van der Waals surface area contributed by atoms with Gasteiger partial charge in [-0.1, -0.05) is 23.2 Å². The molecular weight excluding hydrogens is 587 g/mol. The Morgan fingerprint density at radius 3 is 2.64 bits per heavy atom. The number of carbonyl (C=O) groups is 3. The van der Waals surface area contributed by atoms with Crippen LogP contribution in [0.25, 0.3) is 5.65 Å². The predicted octanol–water partition coefficient (Wildman–Crippen LogP) is 2.25. The molecule has 2 aliphatic heterocycles. The Labute approximate surface area is 250 Å². The second-order valence-corrected chi connectivity index (χ2v) is 10.7. The molecule has 0 spiro atoms. The third kappa shape index (κ3) is 5.77. The van der Waals surface area contributed by atoms with Crippen LogP contribution in [0.3, 0.4) is 0 Å². The number of carboxylic acid groups (broad SMARTS) is 1. The van der Waals surface area contributed by atoms with E-state index in [-0.39, 0.29) is 64.2 Å². The number of hydrogen-bond acceptors (Lipinski definition) is 7. The number of halogens is 2. The molecule has 0 radical (unpaired) electrons. The SMILES string of the molecule is N#C/N=C(\NCC(NC(=O)c1c(Cl)cc2c(c1Cl)CCN(C(=O)c1cn3cccc(O)c3n1)C2)C(=O)O)N1CCCC1. The van der Waals surface area contributed by atoms with Gasteiger partial charge < -0.3 is 35.0 Å². The summed E-state index contributed by atoms with van der Waals surface area (Å²) in [6, 6.07) is 3.29. The summed E-state index contributed by atoms with van der Waals surface area (Å²) in [6.45, 7) is 1.59. The number of benzene rings is 1. The number of aromatic hydroxyl groups is 1. The van der Waals surface area contributed by atoms with E-state index in [9.17, 15) is 24.6 Å². The van der Waals surface area contributed by atoms with E-state index in [1.165, 1.54) is 12.3 Å². The van der Waals surface area contributed by atoms with Gasteiger partial charge in [-0.2, -0.15) is 5.26 Å². The summed E-state index contributed by atoms with van der Waals surface area (Å²) < 4.78 is 1.56. The van der Waals surface area contributed by atoms with Crippen LogP contribution in [0.15, 0.2) is 35.6 Å². The van der Waals surface area contributed by atoms with Crippen LogP contribution in [0.1, 0.15) is 44.8 Å². The number of aliphatic carboxylic acids is 1. The Bertz CT molecular complexity index is 1640. The molecule has 15 heteroatoms. The minimum absolute atomic E-state index is 0.00379. The van der Waals surface area contributed by atoms with Crippen LogP contribution >= 0.6 is 23.2 Å². The zero-order chi connectivity index (χ0) is 30.0. The van der Waals surface area contributed by atoms with Crippen LogP contribution in [0.5, 0.6) is 5.75 Å². The molecular formula is C27H26Cl2N8O5. The quantitative estimate of drug-likeness (QED) is 0.185. The number of carbonyl (C=O) groups excluding carboxylic acids is 2. The molecule has 2 aliphatic rings. The molecule has 218 valence electrons. The minimum Gasteiger partial charge on any atom is -0.504 e. The molecule has 4 N–H and O–H groups in total. The summed E-state index contributed by atoms with van der Waals surface area (Å²) in [4.78, 5) is 49.8. The number of fused-ring (bicyclic) bond motifs is 2. The Hall–Kier alpha value is -4.54. The minimum atomic E-state index is -1.37. The number of hydrogen-bond donors (Lipinski definition) is 4. The normalized spacial score (nSPS) is 15.7. The summed E-state index contributed by atoms with van der Waals surface area (Å²) in [6.07, 6.45) is 7.10. The Kier molecular flexibility index (Phi) is 8.37. The monoisotopic (exact) mass is 612 g/mol. The number of nitriles is 1. The highest BCUT2D eigenvalue weighted by atomic mass is 35.5. The van der Waals surface area contributed by atoms with Gasteiger partial charge in [-0.05, 0) is 48.6 Å². The van der Waals surface area contributed by atoms with Crippen molar-refractivity contribution in [1.29, 1.82) is 5.26 Å². The number of amides is 2. The number of nitrogens with one attached hydrogen (secondary N) is 2. The Morgan fingerprint density at radius 1 is 1.19 bits per heavy atom. The summed E-state index contributed by atoms with van der Waals surface area (Å²) in [7, 11) is 0. The molecule has 4 heterocycles. The van der Waals surface area contributed by atoms with Gasteiger partial charge in [0.1, 0.15) is 11.7 Å². The molecule has 0 saturated carbocycles. The van der Waals surface area contributed by atoms with Crippen LogP contribution in [-0.2, 0) is 17.8 Å². The molecule has 3 aromatic rings. The molecule has 5 rings (SSSR count). The summed E-state index contributed by atoms with van der Waals surface area (Å²) in [5.74, 6) is -2.21. The van der Waals surface area contributed by atoms with Gasteiger partial charge in [0, 0.05) is 45.1 Å². The first-order valence-electron chi connectivity index (χ1n) is 13.1. The molecule has 1 fully saturated rings. The van der Waals surface area contributed by atoms with E-state index in [0.29, 0.717) is 30.6 Å². The first kappa shape index (κ1) is 29.0. The van der Waals surface area contributed by atoms with Crippen molar-refractivity contribution in [2.24, 2.45) is 4.99 Å². The van der Waals surface area contributed by atoms with E-state index >= 15 is 0 Å². The van der Waals surface area contributed by atoms with E-state index < -0.39 is 17.9 Å². The van der Waals surface area contributed by atoms with Crippen LogP contribution in [-0.4, -0.2) is 85.4 Å². The van der Waals surface area contributed by atoms with Crippen molar-refractivity contribution < 1.29 is 24.6 Å². The highest BCUT2D eigenvalue weighted by Gasteiger charge is 2.30. The lowest BCUT2D eigenvalue weighted by atomic mass is 9.96. The molecule has 1 saturated heterocycles. The van der Waals surface area contributed by atoms with Crippen LogP contribution < -0.4 is 10.6 Å². The van der Waals surface area contributed by atoms with Crippen molar-refractivity contribution in [2.75, 3.05) is 26.2 Å². The van der Waals surface area contributed by atoms with Gasteiger partial charge in [0.25, 0.3) is 11.8 Å². The summed E-state index contributed by atoms with van der Waals surface area (Å²) >= 11 is 13.1. The molecule has 1 atom stereocenters. The van der Waals surface area contributed by atoms with Gasteiger partial charge >= 0.3 is 5.97 Å². The maximum Gasteiger partial charge on any atom is 0.328 e. The number of nitrogens with zero attached hydrogens (tertiary/aromatic N) is 6. The number of imidazole rings is 1. The molecule has 2 amide bonds. The van der Waals surface area contributed by atoms with Crippen LogP contribution in [0.2, 0.25) is 10.0 Å². The topological polar surface area (TPSA) is 176 Å². The van der Waals surface area contributed by atoms with E-state index in [1.54, 1.807) is 33.8 Å². The zero-order valence-electron chi connectivity index (χ0n) is 22.2. The first-order valence-corrected chi connectivity index (χ1v) is 13.9. The van der Waals surface area contributed by atoms with Crippen molar-refractivity contribution in [3.05, 3.63) is 63.0 Å². The second kappa shape index (κ2) is 12.1. The van der Waals surface area contributed by atoms with Gasteiger partial charge in [0.15, 0.2) is 11.4 Å². The van der Waals surface area contributed by atoms with Gasteiger partial charge in [-0.25, -0.2) is 9.78 Å². The van der Waals surface area contributed by atoms with Crippen molar-refractivity contribution in [1.82, 2.24) is 29.8 Å². The fraction of sp³-hybridized carbons (Fsp3) is 0.333. The molecule has 2 aromatic heterocycles. The third-order valence-electron chi connectivity index (χ3n) is 7.23. The molecule has 0 bridgehead atoms. The Balaban J connectivity index is 1.30. The number of carboxylic acids is 1.